The number of halogens is 1. The van der Waals surface area contributed by atoms with Gasteiger partial charge in [-0.1, -0.05) is 12.1 Å². The lowest BCUT2D eigenvalue weighted by Crippen LogP contribution is -2.44. The van der Waals surface area contributed by atoms with Crippen molar-refractivity contribution in [2.24, 2.45) is 0 Å². The molecule has 0 aliphatic carbocycles. The third kappa shape index (κ3) is 4.34. The van der Waals surface area contributed by atoms with Gasteiger partial charge in [0.2, 0.25) is 5.91 Å². The summed E-state index contributed by atoms with van der Waals surface area (Å²) in [5.74, 6) is -0.286. The fourth-order valence-electron chi connectivity index (χ4n) is 2.64. The van der Waals surface area contributed by atoms with Crippen molar-refractivity contribution in [2.75, 3.05) is 0 Å². The molecule has 5 nitrogen and oxygen atoms in total. The van der Waals surface area contributed by atoms with Gasteiger partial charge in [0.25, 0.3) is 0 Å². The van der Waals surface area contributed by atoms with E-state index in [1.165, 1.54) is 12.1 Å². The van der Waals surface area contributed by atoms with Gasteiger partial charge in [-0.15, -0.1) is 0 Å². The van der Waals surface area contributed by atoms with Crippen LogP contribution in [0.4, 0.5) is 4.39 Å². The van der Waals surface area contributed by atoms with E-state index in [4.69, 9.17) is 0 Å². The molecular formula is C17H19FN4O. The number of benzene rings is 1. The molecule has 3 rings (SSSR count). The van der Waals surface area contributed by atoms with Crippen LogP contribution in [-0.4, -0.2) is 17.1 Å². The molecule has 0 radical (unpaired) electrons. The largest absolute Gasteiger partial charge is 0.339 e. The number of hydrazine groups is 1. The Morgan fingerprint density at radius 2 is 1.91 bits per heavy atom. The monoisotopic (exact) mass is 314 g/mol. The highest BCUT2D eigenvalue weighted by atomic mass is 19.1. The van der Waals surface area contributed by atoms with Gasteiger partial charge in [0.05, 0.1) is 6.17 Å². The number of nitrogens with one attached hydrogen (secondary N) is 3. The summed E-state index contributed by atoms with van der Waals surface area (Å²) >= 11 is 0. The fraction of sp³-hybridized carbons (Fsp3) is 0.294. The first-order valence-corrected chi connectivity index (χ1v) is 7.65. The number of carbonyl (C=O) groups excluding carboxylic acids is 1. The number of pyridine rings is 1. The Morgan fingerprint density at radius 3 is 2.65 bits per heavy atom. The average Bonchev–Trinajstić information content (AvgIpc) is 3.04. The molecule has 1 fully saturated rings. The summed E-state index contributed by atoms with van der Waals surface area (Å²) in [4.78, 5) is 16.0. The van der Waals surface area contributed by atoms with E-state index in [0.29, 0.717) is 12.8 Å². The summed E-state index contributed by atoms with van der Waals surface area (Å²) in [5.41, 5.74) is 8.35. The van der Waals surface area contributed by atoms with E-state index < -0.39 is 0 Å². The van der Waals surface area contributed by atoms with E-state index in [2.05, 4.69) is 21.2 Å². The van der Waals surface area contributed by atoms with Crippen LogP contribution in [0.15, 0.2) is 48.8 Å². The van der Waals surface area contributed by atoms with Crippen molar-refractivity contribution in [3.63, 3.8) is 0 Å². The average molecular weight is 314 g/mol. The lowest BCUT2D eigenvalue weighted by atomic mass is 10.1. The molecule has 0 saturated carbocycles. The Kier molecular flexibility index (Phi) is 4.95. The van der Waals surface area contributed by atoms with Gasteiger partial charge >= 0.3 is 0 Å². The van der Waals surface area contributed by atoms with Gasteiger partial charge in [0.15, 0.2) is 0 Å². The number of aromatic nitrogens is 1. The molecule has 1 aliphatic rings. The van der Waals surface area contributed by atoms with Gasteiger partial charge < -0.3 is 5.32 Å². The highest BCUT2D eigenvalue weighted by Crippen LogP contribution is 2.20. The van der Waals surface area contributed by atoms with E-state index in [9.17, 15) is 9.18 Å². The van der Waals surface area contributed by atoms with Crippen LogP contribution in [0.25, 0.3) is 0 Å². The van der Waals surface area contributed by atoms with Gasteiger partial charge in [-0.05, 0) is 41.8 Å². The number of rotatable bonds is 5. The third-order valence-corrected chi connectivity index (χ3v) is 3.90. The zero-order valence-corrected chi connectivity index (χ0v) is 12.6. The van der Waals surface area contributed by atoms with E-state index in [1.807, 2.05) is 12.1 Å². The van der Waals surface area contributed by atoms with Gasteiger partial charge in [0.1, 0.15) is 5.82 Å². The molecule has 2 atom stereocenters. The Balaban J connectivity index is 1.45. The first-order valence-electron chi connectivity index (χ1n) is 7.65. The van der Waals surface area contributed by atoms with Crippen molar-refractivity contribution in [3.8, 4) is 0 Å². The second-order valence-corrected chi connectivity index (χ2v) is 5.60. The SMILES string of the molecule is O=C(CCc1ccc(F)cc1)NC1CC(c2ccncc2)NN1. The number of hydrogen-bond acceptors (Lipinski definition) is 4. The second-order valence-electron chi connectivity index (χ2n) is 5.60. The number of amides is 1. The maximum Gasteiger partial charge on any atom is 0.221 e. The van der Waals surface area contributed by atoms with Crippen LogP contribution in [0.2, 0.25) is 0 Å². The van der Waals surface area contributed by atoms with Crippen molar-refractivity contribution >= 4 is 5.91 Å². The molecule has 0 spiro atoms. The number of aryl methyl sites for hydroxylation is 1. The topological polar surface area (TPSA) is 66.0 Å². The number of carbonyl (C=O) groups is 1. The van der Waals surface area contributed by atoms with Gasteiger partial charge in [0, 0.05) is 31.3 Å². The normalized spacial score (nSPS) is 20.4. The predicted octanol–water partition coefficient (Wildman–Crippen LogP) is 1.83. The molecule has 1 amide bonds. The van der Waals surface area contributed by atoms with Crippen molar-refractivity contribution < 1.29 is 9.18 Å². The van der Waals surface area contributed by atoms with Crippen molar-refractivity contribution in [3.05, 3.63) is 65.7 Å². The predicted molar refractivity (Wildman–Crippen MR) is 84.5 cm³/mol. The highest BCUT2D eigenvalue weighted by Gasteiger charge is 2.25. The van der Waals surface area contributed by atoms with E-state index in [0.717, 1.165) is 17.5 Å². The molecule has 1 saturated heterocycles. The fourth-order valence-corrected chi connectivity index (χ4v) is 2.64. The Labute approximate surface area is 134 Å². The lowest BCUT2D eigenvalue weighted by Gasteiger charge is -2.12. The summed E-state index contributed by atoms with van der Waals surface area (Å²) < 4.78 is 12.8. The smallest absolute Gasteiger partial charge is 0.221 e. The van der Waals surface area contributed by atoms with Crippen molar-refractivity contribution in [1.29, 1.82) is 0 Å². The molecule has 0 bridgehead atoms. The van der Waals surface area contributed by atoms with Gasteiger partial charge in [-0.25, -0.2) is 15.2 Å². The molecule has 1 aromatic carbocycles. The molecule has 1 aliphatic heterocycles. The first kappa shape index (κ1) is 15.6. The molecule has 2 aromatic rings. The minimum absolute atomic E-state index is 0.0241. The summed E-state index contributed by atoms with van der Waals surface area (Å²) in [6, 6.07) is 10.3. The lowest BCUT2D eigenvalue weighted by molar-refractivity contribution is -0.121. The Morgan fingerprint density at radius 1 is 1.17 bits per heavy atom. The molecule has 23 heavy (non-hydrogen) atoms. The maximum absolute atomic E-state index is 12.8. The van der Waals surface area contributed by atoms with E-state index >= 15 is 0 Å². The number of nitrogens with zero attached hydrogens (tertiary/aromatic N) is 1. The molecular weight excluding hydrogens is 295 g/mol. The van der Waals surface area contributed by atoms with Crippen LogP contribution < -0.4 is 16.2 Å². The zero-order valence-electron chi connectivity index (χ0n) is 12.6. The van der Waals surface area contributed by atoms with E-state index in [-0.39, 0.29) is 23.9 Å². The van der Waals surface area contributed by atoms with Crippen LogP contribution in [0, 0.1) is 5.82 Å². The molecule has 120 valence electrons. The van der Waals surface area contributed by atoms with Gasteiger partial charge in [-0.2, -0.15) is 0 Å². The quantitative estimate of drug-likeness (QED) is 0.788. The maximum atomic E-state index is 12.8. The standard InChI is InChI=1S/C17H19FN4O/c18-14-4-1-12(2-5-14)3-6-17(23)20-16-11-15(21-22-16)13-7-9-19-10-8-13/h1-2,4-5,7-10,15-16,21-22H,3,6,11H2,(H,20,23). The van der Waals surface area contributed by atoms with Crippen molar-refractivity contribution in [1.82, 2.24) is 21.2 Å². The minimum Gasteiger partial charge on any atom is -0.339 e. The summed E-state index contributed by atoms with van der Waals surface area (Å²) in [7, 11) is 0. The van der Waals surface area contributed by atoms with E-state index in [1.54, 1.807) is 24.5 Å². The molecule has 1 aromatic heterocycles. The summed E-state index contributed by atoms with van der Waals surface area (Å²) in [6.45, 7) is 0. The second kappa shape index (κ2) is 7.30. The first-order chi connectivity index (χ1) is 11.2. The summed E-state index contributed by atoms with van der Waals surface area (Å²) in [6.07, 6.45) is 5.15. The Hall–Kier alpha value is -2.31. The van der Waals surface area contributed by atoms with Crippen LogP contribution >= 0.6 is 0 Å². The molecule has 3 N–H and O–H groups in total. The van der Waals surface area contributed by atoms with Crippen LogP contribution in [0.3, 0.4) is 0 Å². The minimum atomic E-state index is -0.262. The molecule has 2 unspecified atom stereocenters. The molecule has 6 heteroatoms. The Bertz CT molecular complexity index is 647. The zero-order chi connectivity index (χ0) is 16.1. The van der Waals surface area contributed by atoms with Crippen molar-refractivity contribution in [2.45, 2.75) is 31.5 Å². The molecule has 2 heterocycles. The number of hydrogen-bond donors (Lipinski definition) is 3. The summed E-state index contributed by atoms with van der Waals surface area (Å²) in [5, 5.41) is 2.96. The van der Waals surface area contributed by atoms with Gasteiger partial charge in [-0.3, -0.25) is 9.78 Å². The van der Waals surface area contributed by atoms with Crippen LogP contribution in [0.1, 0.15) is 30.0 Å². The highest BCUT2D eigenvalue weighted by molar-refractivity contribution is 5.76. The third-order valence-electron chi connectivity index (χ3n) is 3.90. The van der Waals surface area contributed by atoms with Crippen LogP contribution in [-0.2, 0) is 11.2 Å². The van der Waals surface area contributed by atoms with Crippen LogP contribution in [0.5, 0.6) is 0 Å².